The number of hydrogen-bond donors (Lipinski definition) is 1. The Morgan fingerprint density at radius 2 is 1.61 bits per heavy atom. The third-order valence-corrected chi connectivity index (χ3v) is 4.91. The predicted octanol–water partition coefficient (Wildman–Crippen LogP) is 3.73. The zero-order valence-electron chi connectivity index (χ0n) is 17.0. The highest BCUT2D eigenvalue weighted by molar-refractivity contribution is 5.77. The normalized spacial score (nSPS) is 12.0. The fourth-order valence-corrected chi connectivity index (χ4v) is 3.27. The third kappa shape index (κ3) is 5.34. The van der Waals surface area contributed by atoms with E-state index in [-0.39, 0.29) is 12.5 Å². The SMILES string of the molecule is N#Cc1ccc(-c2ccc(OCC(=O)NCCc3ccc4c(c3)OCCO4)cc2)cc1. The highest BCUT2D eigenvalue weighted by atomic mass is 16.6. The standard InChI is InChI=1S/C25H22N2O4/c26-16-19-1-4-20(5-2-19)21-6-8-22(9-7-21)31-17-25(28)27-12-11-18-3-10-23-24(15-18)30-14-13-29-23/h1-10,15H,11-14,17H2,(H,27,28). The maximum absolute atomic E-state index is 12.1. The molecule has 0 fully saturated rings. The summed E-state index contributed by atoms with van der Waals surface area (Å²) < 4.78 is 16.7. The number of rotatable bonds is 7. The van der Waals surface area contributed by atoms with E-state index in [0.717, 1.165) is 28.2 Å². The molecule has 3 aromatic rings. The first-order chi connectivity index (χ1) is 15.2. The molecule has 0 unspecified atom stereocenters. The van der Waals surface area contributed by atoms with Crippen LogP contribution in [0.1, 0.15) is 11.1 Å². The number of nitrogens with one attached hydrogen (secondary N) is 1. The van der Waals surface area contributed by atoms with E-state index in [2.05, 4.69) is 11.4 Å². The van der Waals surface area contributed by atoms with Gasteiger partial charge in [-0.3, -0.25) is 4.79 Å². The first-order valence-corrected chi connectivity index (χ1v) is 10.1. The van der Waals surface area contributed by atoms with Gasteiger partial charge in [-0.05, 0) is 59.5 Å². The van der Waals surface area contributed by atoms with Crippen LogP contribution in [-0.4, -0.2) is 32.3 Å². The van der Waals surface area contributed by atoms with Gasteiger partial charge in [-0.1, -0.05) is 30.3 Å². The summed E-state index contributed by atoms with van der Waals surface area (Å²) in [5.41, 5.74) is 3.73. The van der Waals surface area contributed by atoms with E-state index < -0.39 is 0 Å². The lowest BCUT2D eigenvalue weighted by atomic mass is 10.0. The number of carbonyl (C=O) groups excluding carboxylic acids is 1. The van der Waals surface area contributed by atoms with Crippen molar-refractivity contribution in [2.75, 3.05) is 26.4 Å². The molecule has 6 nitrogen and oxygen atoms in total. The second kappa shape index (κ2) is 9.68. The van der Waals surface area contributed by atoms with Crippen molar-refractivity contribution in [2.45, 2.75) is 6.42 Å². The maximum Gasteiger partial charge on any atom is 0.257 e. The van der Waals surface area contributed by atoms with Crippen molar-refractivity contribution in [1.29, 1.82) is 5.26 Å². The van der Waals surface area contributed by atoms with Crippen molar-refractivity contribution in [3.05, 3.63) is 77.9 Å². The Hall–Kier alpha value is -3.98. The second-order valence-corrected chi connectivity index (χ2v) is 7.08. The van der Waals surface area contributed by atoms with Gasteiger partial charge >= 0.3 is 0 Å². The van der Waals surface area contributed by atoms with Crippen LogP contribution < -0.4 is 19.5 Å². The number of nitrogens with zero attached hydrogens (tertiary/aromatic N) is 1. The van der Waals surface area contributed by atoms with Gasteiger partial charge in [0.1, 0.15) is 19.0 Å². The van der Waals surface area contributed by atoms with Crippen LogP contribution >= 0.6 is 0 Å². The zero-order chi connectivity index (χ0) is 21.5. The topological polar surface area (TPSA) is 80.6 Å². The van der Waals surface area contributed by atoms with Crippen molar-refractivity contribution in [3.63, 3.8) is 0 Å². The monoisotopic (exact) mass is 414 g/mol. The zero-order valence-corrected chi connectivity index (χ0v) is 17.0. The second-order valence-electron chi connectivity index (χ2n) is 7.08. The lowest BCUT2D eigenvalue weighted by Crippen LogP contribution is -2.30. The molecule has 4 rings (SSSR count). The Morgan fingerprint density at radius 3 is 2.32 bits per heavy atom. The highest BCUT2D eigenvalue weighted by Gasteiger charge is 2.11. The van der Waals surface area contributed by atoms with Gasteiger partial charge in [-0.15, -0.1) is 0 Å². The molecule has 3 aromatic carbocycles. The summed E-state index contributed by atoms with van der Waals surface area (Å²) in [5, 5.41) is 11.8. The summed E-state index contributed by atoms with van der Waals surface area (Å²) in [6.45, 7) is 1.59. The number of hydrogen-bond acceptors (Lipinski definition) is 5. The molecule has 1 aliphatic rings. The Balaban J connectivity index is 1.22. The van der Waals surface area contributed by atoms with Crippen LogP contribution in [0.3, 0.4) is 0 Å². The fourth-order valence-electron chi connectivity index (χ4n) is 3.27. The molecule has 156 valence electrons. The van der Waals surface area contributed by atoms with Crippen LogP contribution in [0.2, 0.25) is 0 Å². The van der Waals surface area contributed by atoms with Crippen molar-refractivity contribution in [2.24, 2.45) is 0 Å². The van der Waals surface area contributed by atoms with E-state index in [0.29, 0.717) is 37.5 Å². The quantitative estimate of drug-likeness (QED) is 0.637. The lowest BCUT2D eigenvalue weighted by Gasteiger charge is -2.18. The van der Waals surface area contributed by atoms with Gasteiger partial charge in [-0.2, -0.15) is 5.26 Å². The third-order valence-electron chi connectivity index (χ3n) is 4.91. The van der Waals surface area contributed by atoms with E-state index in [4.69, 9.17) is 19.5 Å². The van der Waals surface area contributed by atoms with E-state index in [1.165, 1.54) is 0 Å². The maximum atomic E-state index is 12.1. The minimum atomic E-state index is -0.172. The summed E-state index contributed by atoms with van der Waals surface area (Å²) in [5.74, 6) is 1.97. The van der Waals surface area contributed by atoms with E-state index in [9.17, 15) is 4.79 Å². The van der Waals surface area contributed by atoms with Gasteiger partial charge in [0.05, 0.1) is 11.6 Å². The molecule has 1 amide bonds. The Morgan fingerprint density at radius 1 is 0.935 bits per heavy atom. The smallest absolute Gasteiger partial charge is 0.257 e. The van der Waals surface area contributed by atoms with Crippen LogP contribution in [0.4, 0.5) is 0 Å². The van der Waals surface area contributed by atoms with Crippen molar-refractivity contribution < 1.29 is 19.0 Å². The van der Waals surface area contributed by atoms with E-state index in [1.54, 1.807) is 12.1 Å². The Kier molecular flexibility index (Phi) is 6.34. The first-order valence-electron chi connectivity index (χ1n) is 10.1. The van der Waals surface area contributed by atoms with E-state index >= 15 is 0 Å². The molecule has 31 heavy (non-hydrogen) atoms. The van der Waals surface area contributed by atoms with Crippen LogP contribution in [0.5, 0.6) is 17.2 Å². The molecule has 0 aliphatic carbocycles. The predicted molar refractivity (Wildman–Crippen MR) is 116 cm³/mol. The molecule has 0 saturated heterocycles. The minimum Gasteiger partial charge on any atom is -0.486 e. The number of fused-ring (bicyclic) bond motifs is 1. The van der Waals surface area contributed by atoms with Crippen LogP contribution in [0.25, 0.3) is 11.1 Å². The van der Waals surface area contributed by atoms with Gasteiger partial charge in [0.25, 0.3) is 5.91 Å². The van der Waals surface area contributed by atoms with Gasteiger partial charge in [0.2, 0.25) is 0 Å². The summed E-state index contributed by atoms with van der Waals surface area (Å²) >= 11 is 0. The van der Waals surface area contributed by atoms with Crippen LogP contribution in [-0.2, 0) is 11.2 Å². The Labute approximate surface area is 181 Å². The average molecular weight is 414 g/mol. The number of nitriles is 1. The van der Waals surface area contributed by atoms with Gasteiger partial charge in [-0.25, -0.2) is 0 Å². The molecule has 0 aromatic heterocycles. The summed E-state index contributed by atoms with van der Waals surface area (Å²) in [6, 6.07) is 22.8. The molecular formula is C25H22N2O4. The molecule has 0 bridgehead atoms. The van der Waals surface area contributed by atoms with Crippen molar-refractivity contribution >= 4 is 5.91 Å². The number of carbonyl (C=O) groups is 1. The molecule has 1 N–H and O–H groups in total. The molecule has 1 aliphatic heterocycles. The molecule has 0 spiro atoms. The Bertz CT molecular complexity index is 1090. The molecule has 0 atom stereocenters. The summed E-state index contributed by atoms with van der Waals surface area (Å²) in [6.07, 6.45) is 0.696. The molecule has 0 saturated carbocycles. The van der Waals surface area contributed by atoms with Gasteiger partial charge < -0.3 is 19.5 Å². The van der Waals surface area contributed by atoms with Crippen LogP contribution in [0, 0.1) is 11.3 Å². The number of benzene rings is 3. The van der Waals surface area contributed by atoms with Gasteiger partial charge in [0.15, 0.2) is 18.1 Å². The minimum absolute atomic E-state index is 0.0443. The summed E-state index contributed by atoms with van der Waals surface area (Å²) in [7, 11) is 0. The van der Waals surface area contributed by atoms with Gasteiger partial charge in [0, 0.05) is 6.54 Å². The average Bonchev–Trinajstić information content (AvgIpc) is 2.83. The number of ether oxygens (including phenoxy) is 3. The lowest BCUT2D eigenvalue weighted by molar-refractivity contribution is -0.123. The molecule has 6 heteroatoms. The first kappa shape index (κ1) is 20.3. The van der Waals surface area contributed by atoms with Crippen LogP contribution in [0.15, 0.2) is 66.7 Å². The summed E-state index contributed by atoms with van der Waals surface area (Å²) in [4.78, 5) is 12.1. The van der Waals surface area contributed by atoms with E-state index in [1.807, 2.05) is 54.6 Å². The molecular weight excluding hydrogens is 392 g/mol. The molecule has 0 radical (unpaired) electrons. The fraction of sp³-hybridized carbons (Fsp3) is 0.200. The largest absolute Gasteiger partial charge is 0.486 e. The van der Waals surface area contributed by atoms with Crippen molar-refractivity contribution in [3.8, 4) is 34.4 Å². The highest BCUT2D eigenvalue weighted by Crippen LogP contribution is 2.30. The van der Waals surface area contributed by atoms with Crippen molar-refractivity contribution in [1.82, 2.24) is 5.32 Å². The molecule has 1 heterocycles. The number of amides is 1.